The maximum Gasteiger partial charge on any atom is 0.338 e. The molecule has 2 aromatic heterocycles. The molecule has 0 saturated carbocycles. The average molecular weight is 653 g/mol. The predicted molar refractivity (Wildman–Crippen MR) is 182 cm³/mol. The van der Waals surface area contributed by atoms with Crippen LogP contribution < -0.4 is 14.9 Å². The Morgan fingerprint density at radius 3 is 2.43 bits per heavy atom. The molecule has 5 aromatic rings. The first-order valence-corrected chi connectivity index (χ1v) is 16.8. The van der Waals surface area contributed by atoms with Crippen molar-refractivity contribution in [3.8, 4) is 0 Å². The van der Waals surface area contributed by atoms with E-state index >= 15 is 0 Å². The van der Waals surface area contributed by atoms with Gasteiger partial charge in [-0.1, -0.05) is 53.8 Å². The fraction of sp³-hybridized carbons (Fsp3) is 0.229. The molecule has 0 N–H and O–H groups in total. The monoisotopic (exact) mass is 652 g/mol. The second-order valence-electron chi connectivity index (χ2n) is 11.3. The fourth-order valence-corrected chi connectivity index (χ4v) is 7.28. The highest BCUT2D eigenvalue weighted by Crippen LogP contribution is 2.32. The van der Waals surface area contributed by atoms with E-state index in [4.69, 9.17) is 9.73 Å². The van der Waals surface area contributed by atoms with Gasteiger partial charge in [-0.05, 0) is 69.4 Å². The summed E-state index contributed by atoms with van der Waals surface area (Å²) in [5.74, 6) is -0.491. The zero-order valence-electron chi connectivity index (χ0n) is 26.0. The molecule has 0 unspecified atom stereocenters. The molecule has 9 nitrogen and oxygen atoms in total. The molecule has 11 heteroatoms. The molecule has 0 amide bonds. The Morgan fingerprint density at radius 2 is 1.78 bits per heavy atom. The Balaban J connectivity index is 1.50. The Labute approximate surface area is 273 Å². The van der Waals surface area contributed by atoms with Crippen LogP contribution in [0.4, 0.5) is 5.69 Å². The average Bonchev–Trinajstić information content (AvgIpc) is 3.48. The first-order valence-electron chi connectivity index (χ1n) is 14.8. The number of non-ortho nitro benzene ring substituents is 1. The predicted octanol–water partition coefficient (Wildman–Crippen LogP) is 6.13. The third-order valence-electron chi connectivity index (χ3n) is 8.06. The number of carbonyl (C=O) groups excluding carboxylic acids is 1. The van der Waals surface area contributed by atoms with Gasteiger partial charge >= 0.3 is 5.97 Å². The summed E-state index contributed by atoms with van der Waals surface area (Å²) in [6.07, 6.45) is 3.58. The first kappa shape index (κ1) is 31.3. The van der Waals surface area contributed by atoms with Crippen molar-refractivity contribution in [3.63, 3.8) is 0 Å². The number of thioether (sulfide) groups is 1. The zero-order chi connectivity index (χ0) is 32.7. The Kier molecular flexibility index (Phi) is 8.54. The van der Waals surface area contributed by atoms with E-state index in [1.807, 2.05) is 67.8 Å². The van der Waals surface area contributed by atoms with Crippen LogP contribution in [0.2, 0.25) is 0 Å². The van der Waals surface area contributed by atoms with Gasteiger partial charge in [0.25, 0.3) is 11.2 Å². The summed E-state index contributed by atoms with van der Waals surface area (Å²) >= 11 is 2.91. The lowest BCUT2D eigenvalue weighted by molar-refractivity contribution is -0.384. The fourth-order valence-electron chi connectivity index (χ4n) is 5.84. The van der Waals surface area contributed by atoms with Gasteiger partial charge in [-0.3, -0.25) is 19.5 Å². The molecule has 46 heavy (non-hydrogen) atoms. The molecule has 3 aromatic carbocycles. The summed E-state index contributed by atoms with van der Waals surface area (Å²) in [6, 6.07) is 21.7. The largest absolute Gasteiger partial charge is 0.459 e. The van der Waals surface area contributed by atoms with E-state index in [2.05, 4.69) is 4.57 Å². The number of benzene rings is 3. The minimum Gasteiger partial charge on any atom is -0.459 e. The van der Waals surface area contributed by atoms with Crippen molar-refractivity contribution in [2.75, 3.05) is 6.26 Å². The number of hydrogen-bond donors (Lipinski definition) is 0. The van der Waals surface area contributed by atoms with Crippen molar-refractivity contribution in [3.05, 3.63) is 136 Å². The molecule has 0 spiro atoms. The van der Waals surface area contributed by atoms with E-state index in [1.165, 1.54) is 23.5 Å². The highest BCUT2D eigenvalue weighted by molar-refractivity contribution is 7.98. The summed E-state index contributed by atoms with van der Waals surface area (Å²) in [7, 11) is 0. The highest BCUT2D eigenvalue weighted by Gasteiger charge is 2.34. The molecule has 0 aliphatic carbocycles. The number of nitro groups is 1. The van der Waals surface area contributed by atoms with Gasteiger partial charge in [-0.15, -0.1) is 11.8 Å². The molecule has 3 heterocycles. The molecular formula is C35H32N4O5S2. The number of hydrogen-bond acceptors (Lipinski definition) is 8. The number of nitrogens with zero attached hydrogens (tertiary/aromatic N) is 4. The molecule has 0 saturated heterocycles. The Morgan fingerprint density at radius 1 is 1.09 bits per heavy atom. The van der Waals surface area contributed by atoms with Crippen LogP contribution in [0.1, 0.15) is 49.2 Å². The topological polar surface area (TPSA) is 109 Å². The van der Waals surface area contributed by atoms with Gasteiger partial charge in [0.1, 0.15) is 0 Å². The maximum absolute atomic E-state index is 14.3. The second-order valence-corrected chi connectivity index (χ2v) is 13.2. The van der Waals surface area contributed by atoms with Crippen molar-refractivity contribution in [1.29, 1.82) is 0 Å². The summed E-state index contributed by atoms with van der Waals surface area (Å²) in [4.78, 5) is 44.8. The van der Waals surface area contributed by atoms with E-state index in [1.54, 1.807) is 49.2 Å². The SMILES string of the molecule is CSc1ccc([C@@H]2C(C(=O)OC(C)C)=C(C)N=c3s/c(=C\c4c(C)n(Cc5ccc([N+](=O)[O-])cc5)c5ccccc45)c(=O)n32)cc1. The molecule has 6 rings (SSSR count). The number of thiazole rings is 1. The molecule has 1 atom stereocenters. The standard InChI is InChI=1S/C35H32N4O5S2/c1-20(2)44-34(41)31-21(3)36-35-38(32(31)24-12-16-26(45-5)17-13-24)33(40)30(46-35)18-28-22(4)37(29-9-7-6-8-27(28)29)19-23-10-14-25(15-11-23)39(42)43/h6-18,20,32H,19H2,1-5H3/b30-18-/t32-/m1/s1. The van der Waals surface area contributed by atoms with Crippen LogP contribution >= 0.6 is 23.1 Å². The normalized spacial score (nSPS) is 14.9. The van der Waals surface area contributed by atoms with Gasteiger partial charge in [-0.25, -0.2) is 9.79 Å². The number of rotatable bonds is 8. The smallest absolute Gasteiger partial charge is 0.338 e. The molecule has 1 aliphatic heterocycles. The molecule has 234 valence electrons. The summed E-state index contributed by atoms with van der Waals surface area (Å²) in [5, 5.41) is 12.1. The van der Waals surface area contributed by atoms with Gasteiger partial charge in [0.05, 0.1) is 32.9 Å². The van der Waals surface area contributed by atoms with Gasteiger partial charge in [0, 0.05) is 45.7 Å². The number of nitro benzene ring substituents is 1. The van der Waals surface area contributed by atoms with Crippen molar-refractivity contribution < 1.29 is 14.5 Å². The second kappa shape index (κ2) is 12.6. The third-order valence-corrected chi connectivity index (χ3v) is 9.79. The van der Waals surface area contributed by atoms with Gasteiger partial charge in [0.2, 0.25) is 0 Å². The molecular weight excluding hydrogens is 621 g/mol. The molecule has 0 bridgehead atoms. The minimum absolute atomic E-state index is 0.0447. The minimum atomic E-state index is -0.690. The number of aromatic nitrogens is 2. The number of allylic oxidation sites excluding steroid dienone is 1. The Hall–Kier alpha value is -4.74. The van der Waals surface area contributed by atoms with Crippen LogP contribution in [0, 0.1) is 17.0 Å². The Bertz CT molecular complexity index is 2210. The van der Waals surface area contributed by atoms with Gasteiger partial charge < -0.3 is 9.30 Å². The van der Waals surface area contributed by atoms with E-state index in [-0.39, 0.29) is 17.4 Å². The van der Waals surface area contributed by atoms with Crippen molar-refractivity contribution in [1.82, 2.24) is 9.13 Å². The van der Waals surface area contributed by atoms with Crippen LogP contribution in [0.25, 0.3) is 17.0 Å². The van der Waals surface area contributed by atoms with Crippen molar-refractivity contribution >= 4 is 51.7 Å². The van der Waals surface area contributed by atoms with Gasteiger partial charge in [0.15, 0.2) is 4.80 Å². The maximum atomic E-state index is 14.3. The van der Waals surface area contributed by atoms with Crippen LogP contribution in [-0.2, 0) is 16.1 Å². The lowest BCUT2D eigenvalue weighted by Gasteiger charge is -2.25. The van der Waals surface area contributed by atoms with Crippen LogP contribution in [0.5, 0.6) is 0 Å². The summed E-state index contributed by atoms with van der Waals surface area (Å²) in [5.41, 5.74) is 5.23. The van der Waals surface area contributed by atoms with E-state index in [0.717, 1.165) is 38.2 Å². The number of fused-ring (bicyclic) bond motifs is 2. The molecule has 0 radical (unpaired) electrons. The van der Waals surface area contributed by atoms with Crippen molar-refractivity contribution in [2.45, 2.75) is 51.3 Å². The quantitative estimate of drug-likeness (QED) is 0.0864. The summed E-state index contributed by atoms with van der Waals surface area (Å²) in [6.45, 7) is 7.89. The van der Waals surface area contributed by atoms with Crippen LogP contribution in [0.3, 0.4) is 0 Å². The van der Waals surface area contributed by atoms with Crippen LogP contribution in [-0.4, -0.2) is 32.4 Å². The lowest BCUT2D eigenvalue weighted by Crippen LogP contribution is -2.40. The lowest BCUT2D eigenvalue weighted by atomic mass is 9.96. The van der Waals surface area contributed by atoms with Gasteiger partial charge in [-0.2, -0.15) is 0 Å². The van der Waals surface area contributed by atoms with Crippen molar-refractivity contribution in [2.24, 2.45) is 4.99 Å². The number of para-hydroxylation sites is 1. The van der Waals surface area contributed by atoms with Crippen LogP contribution in [0.15, 0.2) is 98.7 Å². The zero-order valence-corrected chi connectivity index (χ0v) is 27.6. The molecule has 0 fully saturated rings. The first-order chi connectivity index (χ1) is 22.1. The van der Waals surface area contributed by atoms with E-state index in [9.17, 15) is 19.7 Å². The number of carbonyl (C=O) groups is 1. The number of ether oxygens (including phenoxy) is 1. The third kappa shape index (κ3) is 5.72. The summed E-state index contributed by atoms with van der Waals surface area (Å²) < 4.78 is 9.89. The number of esters is 1. The van der Waals surface area contributed by atoms with E-state index < -0.39 is 16.9 Å². The molecule has 1 aliphatic rings. The van der Waals surface area contributed by atoms with E-state index in [0.29, 0.717) is 27.1 Å². The highest BCUT2D eigenvalue weighted by atomic mass is 32.2.